The van der Waals surface area contributed by atoms with Gasteiger partial charge in [-0.05, 0) is 22.0 Å². The average Bonchev–Trinajstić information content (AvgIpc) is 2.38. The van der Waals surface area contributed by atoms with Crippen molar-refractivity contribution in [1.82, 2.24) is 0 Å². The van der Waals surface area contributed by atoms with Crippen molar-refractivity contribution in [2.45, 2.75) is 59.0 Å². The molecule has 0 bridgehead atoms. The van der Waals surface area contributed by atoms with Crippen LogP contribution in [0.25, 0.3) is 0 Å². The predicted octanol–water partition coefficient (Wildman–Crippen LogP) is 0.366. The highest BCUT2D eigenvalue weighted by molar-refractivity contribution is 5.18. The van der Waals surface area contributed by atoms with Crippen molar-refractivity contribution in [3.63, 3.8) is 0 Å². The summed E-state index contributed by atoms with van der Waals surface area (Å²) in [4.78, 5) is 0. The first-order valence-corrected chi connectivity index (χ1v) is 7.65. The number of hydrogen-bond donors (Lipinski definition) is 0. The number of aromatic nitrogens is 2. The lowest BCUT2D eigenvalue weighted by atomic mass is 9.88. The third-order valence-electron chi connectivity index (χ3n) is 3.84. The molecule has 0 unspecified atom stereocenters. The van der Waals surface area contributed by atoms with Crippen LogP contribution in [-0.4, -0.2) is 0 Å². The van der Waals surface area contributed by atoms with E-state index in [9.17, 15) is 0 Å². The van der Waals surface area contributed by atoms with Gasteiger partial charge in [0.15, 0.2) is 24.8 Å². The number of pyridine rings is 2. The molecule has 0 saturated carbocycles. The van der Waals surface area contributed by atoms with E-state index in [0.717, 1.165) is 6.67 Å². The Morgan fingerprint density at radius 2 is 0.909 bits per heavy atom. The quantitative estimate of drug-likeness (QED) is 0.499. The minimum absolute atomic E-state index is 0. The van der Waals surface area contributed by atoms with E-state index < -0.39 is 0 Å². The molecule has 0 N–H and O–H groups in total. The molecule has 2 nitrogen and oxygen atoms in total. The van der Waals surface area contributed by atoms with E-state index in [1.807, 2.05) is 0 Å². The van der Waals surface area contributed by atoms with Gasteiger partial charge < -0.3 is 24.0 Å². The van der Waals surface area contributed by atoms with Crippen molar-refractivity contribution in [2.24, 2.45) is 0 Å². The fraction of sp³-hybridized carbons (Fsp3) is 0.474. The van der Waals surface area contributed by atoms with E-state index in [2.05, 4.69) is 99.7 Å². The molecule has 120 valence electrons. The Kier molecular flexibility index (Phi) is 6.13. The summed E-state index contributed by atoms with van der Waals surface area (Å²) in [5, 5.41) is 0. The normalized spacial score (nSPS) is 11.9. The highest BCUT2D eigenvalue weighted by Gasteiger charge is 2.17. The van der Waals surface area contributed by atoms with E-state index in [-0.39, 0.29) is 34.8 Å². The molecule has 0 radical (unpaired) electrons. The molecule has 0 saturated heterocycles. The lowest BCUT2D eigenvalue weighted by Gasteiger charge is -2.17. The molecule has 2 rings (SSSR count). The van der Waals surface area contributed by atoms with Crippen LogP contribution in [0.2, 0.25) is 0 Å². The van der Waals surface area contributed by atoms with Crippen LogP contribution >= 0.6 is 0 Å². The molecular weight excluding hydrogens is 383 g/mol. The average molecular weight is 411 g/mol. The smallest absolute Gasteiger partial charge is 0.343 e. The number of nitrogens with zero attached hydrogens (tertiary/aromatic N) is 2. The van der Waals surface area contributed by atoms with E-state index in [1.54, 1.807) is 0 Å². The molecule has 2 heterocycles. The molecule has 3 heteroatoms. The van der Waals surface area contributed by atoms with Crippen molar-refractivity contribution >= 4 is 0 Å². The van der Waals surface area contributed by atoms with Crippen LogP contribution in [0.3, 0.4) is 0 Å². The second-order valence-electron chi connectivity index (χ2n) is 7.84. The van der Waals surface area contributed by atoms with E-state index in [0.29, 0.717) is 0 Å². The molecule has 0 aliphatic carbocycles. The molecule has 0 amide bonds. The first-order valence-electron chi connectivity index (χ1n) is 7.65. The molecule has 0 aliphatic heterocycles. The van der Waals surface area contributed by atoms with Gasteiger partial charge in [0.25, 0.3) is 0 Å². The third-order valence-corrected chi connectivity index (χ3v) is 3.84. The highest BCUT2D eigenvalue weighted by Crippen LogP contribution is 2.20. The van der Waals surface area contributed by atoms with Crippen molar-refractivity contribution in [1.29, 1.82) is 0 Å². The van der Waals surface area contributed by atoms with Crippen molar-refractivity contribution in [3.05, 3.63) is 60.2 Å². The lowest BCUT2D eigenvalue weighted by Crippen LogP contribution is -3.00. The Hall–Kier alpha value is -0.970. The van der Waals surface area contributed by atoms with Crippen molar-refractivity contribution in [2.75, 3.05) is 0 Å². The van der Waals surface area contributed by atoms with Gasteiger partial charge in [0.05, 0.1) is 0 Å². The maximum atomic E-state index is 2.24. The van der Waals surface area contributed by atoms with E-state index in [1.165, 1.54) is 11.1 Å². The molecular formula is C19H28IN2+. The zero-order chi connectivity index (χ0) is 15.7. The van der Waals surface area contributed by atoms with Crippen LogP contribution in [0.4, 0.5) is 0 Å². The Labute approximate surface area is 152 Å². The summed E-state index contributed by atoms with van der Waals surface area (Å²) in [6.45, 7) is 14.3. The zero-order valence-electron chi connectivity index (χ0n) is 14.6. The van der Waals surface area contributed by atoms with Gasteiger partial charge in [0, 0.05) is 24.3 Å². The Balaban J connectivity index is 0.00000242. The van der Waals surface area contributed by atoms with Crippen LogP contribution in [0.15, 0.2) is 49.1 Å². The van der Waals surface area contributed by atoms with Crippen LogP contribution in [0.1, 0.15) is 52.7 Å². The van der Waals surface area contributed by atoms with Gasteiger partial charge in [-0.2, -0.15) is 0 Å². The van der Waals surface area contributed by atoms with Gasteiger partial charge in [0.1, 0.15) is 0 Å². The second-order valence-corrected chi connectivity index (χ2v) is 7.84. The zero-order valence-corrected chi connectivity index (χ0v) is 16.8. The standard InChI is InChI=1S/C19H28N2.HI/c1-18(2,3)16-7-11-20(12-8-16)15-21-13-9-17(10-14-21)19(4,5)6;/h7-14H,15H2,1-6H3;1H/q+2;/p-1. The molecule has 22 heavy (non-hydrogen) atoms. The monoisotopic (exact) mass is 411 g/mol. The number of halogens is 1. The molecule has 0 atom stereocenters. The Morgan fingerprint density at radius 1 is 0.636 bits per heavy atom. The Bertz CT molecular complexity index is 532. The predicted molar refractivity (Wildman–Crippen MR) is 86.1 cm³/mol. The number of hydrogen-bond acceptors (Lipinski definition) is 0. The number of rotatable bonds is 2. The second kappa shape index (κ2) is 7.07. The van der Waals surface area contributed by atoms with Crippen molar-refractivity contribution in [3.8, 4) is 0 Å². The fourth-order valence-electron chi connectivity index (χ4n) is 2.29. The van der Waals surface area contributed by atoms with Gasteiger partial charge in [0.2, 0.25) is 0 Å². The van der Waals surface area contributed by atoms with Crippen LogP contribution in [-0.2, 0) is 17.5 Å². The fourth-order valence-corrected chi connectivity index (χ4v) is 2.29. The highest BCUT2D eigenvalue weighted by atomic mass is 127. The molecule has 0 fully saturated rings. The molecule has 0 aromatic carbocycles. The largest absolute Gasteiger partial charge is 1.00 e. The van der Waals surface area contributed by atoms with E-state index in [4.69, 9.17) is 0 Å². The minimum atomic E-state index is 0. The third kappa shape index (κ3) is 5.04. The van der Waals surface area contributed by atoms with Gasteiger partial charge >= 0.3 is 6.67 Å². The first kappa shape index (κ1) is 19.1. The first-order chi connectivity index (χ1) is 9.66. The summed E-state index contributed by atoms with van der Waals surface area (Å²) in [5.74, 6) is 0. The SMILES string of the molecule is CC(C)(C)c1cc[n+](C[n+]2ccc(C(C)(C)C)cc2)cc1.[I-]. The molecule has 2 aromatic rings. The summed E-state index contributed by atoms with van der Waals surface area (Å²) < 4.78 is 4.40. The minimum Gasteiger partial charge on any atom is -1.00 e. The van der Waals surface area contributed by atoms with Crippen LogP contribution in [0.5, 0.6) is 0 Å². The van der Waals surface area contributed by atoms with Gasteiger partial charge in [-0.25, -0.2) is 0 Å². The van der Waals surface area contributed by atoms with Crippen molar-refractivity contribution < 1.29 is 33.1 Å². The topological polar surface area (TPSA) is 7.76 Å². The molecule has 2 aromatic heterocycles. The molecule has 0 spiro atoms. The van der Waals surface area contributed by atoms with Crippen LogP contribution < -0.4 is 33.1 Å². The van der Waals surface area contributed by atoms with Crippen LogP contribution in [0, 0.1) is 0 Å². The summed E-state index contributed by atoms with van der Waals surface area (Å²) in [5.41, 5.74) is 3.15. The molecule has 0 aliphatic rings. The maximum absolute atomic E-state index is 2.24. The van der Waals surface area contributed by atoms with Gasteiger partial charge in [-0.1, -0.05) is 41.5 Å². The summed E-state index contributed by atoms with van der Waals surface area (Å²) >= 11 is 0. The summed E-state index contributed by atoms with van der Waals surface area (Å²) in [6, 6.07) is 8.85. The summed E-state index contributed by atoms with van der Waals surface area (Å²) in [7, 11) is 0. The Morgan fingerprint density at radius 3 is 1.14 bits per heavy atom. The summed E-state index contributed by atoms with van der Waals surface area (Å²) in [6.07, 6.45) is 8.63. The van der Waals surface area contributed by atoms with Gasteiger partial charge in [-0.3, -0.25) is 0 Å². The maximum Gasteiger partial charge on any atom is 0.343 e. The van der Waals surface area contributed by atoms with E-state index >= 15 is 0 Å². The van der Waals surface area contributed by atoms with Gasteiger partial charge in [-0.15, -0.1) is 9.13 Å². The lowest BCUT2D eigenvalue weighted by molar-refractivity contribution is -0.913.